The van der Waals surface area contributed by atoms with Gasteiger partial charge in [-0.05, 0) is 29.7 Å². The molecule has 0 radical (unpaired) electrons. The lowest BCUT2D eigenvalue weighted by atomic mass is 9.86. The van der Waals surface area contributed by atoms with Crippen molar-refractivity contribution in [2.24, 2.45) is 0 Å². The highest BCUT2D eigenvalue weighted by atomic mass is 35.5. The lowest BCUT2D eigenvalue weighted by Gasteiger charge is -2.24. The van der Waals surface area contributed by atoms with E-state index in [0.717, 1.165) is 24.0 Å². The Morgan fingerprint density at radius 3 is 2.25 bits per heavy atom. The van der Waals surface area contributed by atoms with Gasteiger partial charge >= 0.3 is 0 Å². The molecule has 20 heavy (non-hydrogen) atoms. The maximum Gasteiger partial charge on any atom is 0.0858 e. The third kappa shape index (κ3) is 3.54. The van der Waals surface area contributed by atoms with Gasteiger partial charge in [-0.2, -0.15) is 0 Å². The number of hydrogen-bond donors (Lipinski definition) is 1. The molecule has 2 aromatic carbocycles. The van der Waals surface area contributed by atoms with E-state index in [1.54, 1.807) is 6.07 Å². The van der Waals surface area contributed by atoms with Crippen LogP contribution < -0.4 is 0 Å². The highest BCUT2D eigenvalue weighted by Gasteiger charge is 2.22. The fourth-order valence-electron chi connectivity index (χ4n) is 2.44. The van der Waals surface area contributed by atoms with Gasteiger partial charge in [-0.3, -0.25) is 0 Å². The molecule has 0 heterocycles. The molecule has 0 aromatic heterocycles. The first-order chi connectivity index (χ1) is 9.63. The number of halogens is 2. The first-order valence-corrected chi connectivity index (χ1v) is 7.57. The van der Waals surface area contributed by atoms with Gasteiger partial charge in [0.15, 0.2) is 0 Å². The molecule has 0 aliphatic carbocycles. The van der Waals surface area contributed by atoms with Crippen molar-refractivity contribution in [3.8, 4) is 0 Å². The molecule has 1 N–H and O–H groups in total. The first kappa shape index (κ1) is 15.4. The predicted octanol–water partition coefficient (Wildman–Crippen LogP) is 5.61. The van der Waals surface area contributed by atoms with Gasteiger partial charge in [0.25, 0.3) is 0 Å². The number of benzene rings is 2. The van der Waals surface area contributed by atoms with E-state index in [9.17, 15) is 5.11 Å². The Bertz CT molecular complexity index is 554. The molecule has 0 bridgehead atoms. The van der Waals surface area contributed by atoms with Crippen LogP contribution in [-0.4, -0.2) is 5.11 Å². The molecule has 0 fully saturated rings. The largest absolute Gasteiger partial charge is 0.388 e. The molecule has 3 heteroatoms. The van der Waals surface area contributed by atoms with Gasteiger partial charge in [-0.25, -0.2) is 0 Å². The van der Waals surface area contributed by atoms with Gasteiger partial charge in [-0.1, -0.05) is 72.9 Å². The lowest BCUT2D eigenvalue weighted by molar-refractivity contribution is 0.140. The summed E-state index contributed by atoms with van der Waals surface area (Å²) in [6.45, 7) is 2.11. The Hall–Kier alpha value is -1.02. The molecule has 1 nitrogen and oxygen atoms in total. The second-order valence-electron chi connectivity index (χ2n) is 4.92. The maximum atomic E-state index is 10.6. The third-order valence-electron chi connectivity index (χ3n) is 3.49. The molecule has 0 spiro atoms. The number of aliphatic hydroxyl groups is 1. The van der Waals surface area contributed by atoms with Gasteiger partial charge < -0.3 is 5.11 Å². The van der Waals surface area contributed by atoms with Crippen LogP contribution in [0.2, 0.25) is 10.0 Å². The Balaban J connectivity index is 2.33. The van der Waals surface area contributed by atoms with Gasteiger partial charge in [0.2, 0.25) is 0 Å². The summed E-state index contributed by atoms with van der Waals surface area (Å²) in [7, 11) is 0. The van der Waals surface area contributed by atoms with Crippen molar-refractivity contribution in [3.05, 3.63) is 69.7 Å². The minimum Gasteiger partial charge on any atom is -0.388 e. The van der Waals surface area contributed by atoms with Crippen LogP contribution in [0.1, 0.15) is 42.9 Å². The highest BCUT2D eigenvalue weighted by Crippen LogP contribution is 2.36. The SMILES string of the molecule is CCC[C@@H](c1ccc(Cl)c(Cl)c1)[C@@H](O)c1ccccc1. The molecule has 0 saturated carbocycles. The zero-order chi connectivity index (χ0) is 14.5. The van der Waals surface area contributed by atoms with E-state index >= 15 is 0 Å². The van der Waals surface area contributed by atoms with Crippen molar-refractivity contribution < 1.29 is 5.11 Å². The van der Waals surface area contributed by atoms with Crippen LogP contribution in [0.3, 0.4) is 0 Å². The summed E-state index contributed by atoms with van der Waals surface area (Å²) in [5, 5.41) is 11.7. The van der Waals surface area contributed by atoms with E-state index < -0.39 is 6.10 Å². The van der Waals surface area contributed by atoms with Crippen molar-refractivity contribution in [1.82, 2.24) is 0 Å². The minimum absolute atomic E-state index is 0.0252. The van der Waals surface area contributed by atoms with E-state index in [0.29, 0.717) is 10.0 Å². The average molecular weight is 309 g/mol. The van der Waals surface area contributed by atoms with Gasteiger partial charge in [0.05, 0.1) is 16.1 Å². The second kappa shape index (κ2) is 7.12. The Morgan fingerprint density at radius 2 is 1.65 bits per heavy atom. The van der Waals surface area contributed by atoms with Crippen molar-refractivity contribution in [2.75, 3.05) is 0 Å². The molecule has 0 aliphatic rings. The molecule has 0 amide bonds. The molecule has 106 valence electrons. The van der Waals surface area contributed by atoms with Gasteiger partial charge in [0, 0.05) is 5.92 Å². The molecule has 2 atom stereocenters. The zero-order valence-electron chi connectivity index (χ0n) is 11.4. The predicted molar refractivity (Wildman–Crippen MR) is 85.5 cm³/mol. The van der Waals surface area contributed by atoms with Crippen LogP contribution in [0.5, 0.6) is 0 Å². The van der Waals surface area contributed by atoms with Crippen molar-refractivity contribution >= 4 is 23.2 Å². The monoisotopic (exact) mass is 308 g/mol. The molecule has 0 unspecified atom stereocenters. The van der Waals surface area contributed by atoms with E-state index in [1.807, 2.05) is 42.5 Å². The van der Waals surface area contributed by atoms with Crippen molar-refractivity contribution in [2.45, 2.75) is 31.8 Å². The van der Waals surface area contributed by atoms with E-state index in [-0.39, 0.29) is 5.92 Å². The Kier molecular flexibility index (Phi) is 5.47. The molecule has 2 rings (SSSR count). The fraction of sp³-hybridized carbons (Fsp3) is 0.294. The van der Waals surface area contributed by atoms with E-state index in [1.165, 1.54) is 0 Å². The Morgan fingerprint density at radius 1 is 0.950 bits per heavy atom. The van der Waals surface area contributed by atoms with E-state index in [2.05, 4.69) is 6.92 Å². The Labute approximate surface area is 130 Å². The van der Waals surface area contributed by atoms with Crippen LogP contribution in [0.15, 0.2) is 48.5 Å². The molecular weight excluding hydrogens is 291 g/mol. The number of aliphatic hydroxyl groups excluding tert-OH is 1. The molecule has 2 aromatic rings. The normalized spacial score (nSPS) is 14.0. The molecule has 0 aliphatic heterocycles. The smallest absolute Gasteiger partial charge is 0.0858 e. The lowest BCUT2D eigenvalue weighted by Crippen LogP contribution is -2.11. The van der Waals surface area contributed by atoms with Gasteiger partial charge in [-0.15, -0.1) is 0 Å². The molecular formula is C17H18Cl2O. The summed E-state index contributed by atoms with van der Waals surface area (Å²) in [5.41, 5.74) is 1.95. The second-order valence-corrected chi connectivity index (χ2v) is 5.74. The third-order valence-corrected chi connectivity index (χ3v) is 4.23. The summed E-state index contributed by atoms with van der Waals surface area (Å²) in [5.74, 6) is 0.0252. The maximum absolute atomic E-state index is 10.6. The minimum atomic E-state index is -0.534. The zero-order valence-corrected chi connectivity index (χ0v) is 12.9. The van der Waals surface area contributed by atoms with Crippen LogP contribution >= 0.6 is 23.2 Å². The summed E-state index contributed by atoms with van der Waals surface area (Å²) in [4.78, 5) is 0. The quantitative estimate of drug-likeness (QED) is 0.761. The average Bonchev–Trinajstić information content (AvgIpc) is 2.48. The van der Waals surface area contributed by atoms with Crippen molar-refractivity contribution in [1.29, 1.82) is 0 Å². The summed E-state index contributed by atoms with van der Waals surface area (Å²) >= 11 is 12.1. The van der Waals surface area contributed by atoms with Crippen LogP contribution in [-0.2, 0) is 0 Å². The van der Waals surface area contributed by atoms with E-state index in [4.69, 9.17) is 23.2 Å². The van der Waals surface area contributed by atoms with Crippen LogP contribution in [0, 0.1) is 0 Å². The van der Waals surface area contributed by atoms with Gasteiger partial charge in [0.1, 0.15) is 0 Å². The summed E-state index contributed by atoms with van der Waals surface area (Å²) in [6, 6.07) is 15.3. The highest BCUT2D eigenvalue weighted by molar-refractivity contribution is 6.42. The standard InChI is InChI=1S/C17H18Cl2O/c1-2-6-14(13-9-10-15(18)16(19)11-13)17(20)12-7-4-3-5-8-12/h3-5,7-11,14,17,20H,2,6H2,1H3/t14-,17-/m0/s1. The molecule has 0 saturated heterocycles. The van der Waals surface area contributed by atoms with Crippen molar-refractivity contribution in [3.63, 3.8) is 0 Å². The summed E-state index contributed by atoms with van der Waals surface area (Å²) < 4.78 is 0. The number of rotatable bonds is 5. The fourth-order valence-corrected chi connectivity index (χ4v) is 2.75. The number of hydrogen-bond acceptors (Lipinski definition) is 1. The van der Waals surface area contributed by atoms with Crippen LogP contribution in [0.25, 0.3) is 0 Å². The first-order valence-electron chi connectivity index (χ1n) is 6.81. The topological polar surface area (TPSA) is 20.2 Å². The summed E-state index contributed by atoms with van der Waals surface area (Å²) in [6.07, 6.45) is 1.36. The van der Waals surface area contributed by atoms with Crippen LogP contribution in [0.4, 0.5) is 0 Å².